The molecule has 17 heavy (non-hydrogen) atoms. The molecule has 0 aromatic rings. The minimum atomic E-state index is -4.11. The molecule has 0 aromatic carbocycles. The molecule has 0 bridgehead atoms. The first-order valence-electron chi connectivity index (χ1n) is 6.04. The minimum absolute atomic E-state index is 0.0213. The fraction of sp³-hybridized carbons (Fsp3) is 1.00. The van der Waals surface area contributed by atoms with E-state index < -0.39 is 18.8 Å². The highest BCUT2D eigenvalue weighted by Crippen LogP contribution is 2.18. The highest BCUT2D eigenvalue weighted by atomic mass is 19.4. The van der Waals surface area contributed by atoms with Gasteiger partial charge < -0.3 is 5.11 Å². The first kappa shape index (κ1) is 14.7. The molecule has 6 heteroatoms. The standard InChI is InChI=1S/C11H21F3N2O/c1-3-10(17)9(2)16-6-4-15(5-7-16)8-11(12,13)14/h9-10,17H,3-8H2,1-2H3. The molecule has 0 amide bonds. The lowest BCUT2D eigenvalue weighted by Gasteiger charge is -2.39. The van der Waals surface area contributed by atoms with E-state index in [0.717, 1.165) is 0 Å². The number of alkyl halides is 3. The lowest BCUT2D eigenvalue weighted by molar-refractivity contribution is -0.150. The molecule has 2 atom stereocenters. The van der Waals surface area contributed by atoms with E-state index in [4.69, 9.17) is 0 Å². The molecule has 1 N–H and O–H groups in total. The largest absolute Gasteiger partial charge is 0.401 e. The van der Waals surface area contributed by atoms with Crippen LogP contribution in [0.1, 0.15) is 20.3 Å². The van der Waals surface area contributed by atoms with Crippen LogP contribution in [0.4, 0.5) is 13.2 Å². The van der Waals surface area contributed by atoms with Crippen molar-refractivity contribution in [2.75, 3.05) is 32.7 Å². The van der Waals surface area contributed by atoms with Gasteiger partial charge in [0.25, 0.3) is 0 Å². The number of halogens is 3. The number of aliphatic hydroxyl groups excluding tert-OH is 1. The van der Waals surface area contributed by atoms with E-state index in [0.29, 0.717) is 32.6 Å². The summed E-state index contributed by atoms with van der Waals surface area (Å²) in [4.78, 5) is 3.47. The van der Waals surface area contributed by atoms with Crippen LogP contribution in [0.2, 0.25) is 0 Å². The molecule has 0 spiro atoms. The van der Waals surface area contributed by atoms with Crippen LogP contribution in [0.3, 0.4) is 0 Å². The van der Waals surface area contributed by atoms with Gasteiger partial charge in [-0.1, -0.05) is 6.92 Å². The van der Waals surface area contributed by atoms with Crippen LogP contribution in [0, 0.1) is 0 Å². The van der Waals surface area contributed by atoms with E-state index in [-0.39, 0.29) is 6.04 Å². The van der Waals surface area contributed by atoms with E-state index in [1.807, 2.05) is 13.8 Å². The first-order valence-corrected chi connectivity index (χ1v) is 6.04. The molecule has 0 aliphatic carbocycles. The Hall–Kier alpha value is -0.330. The maximum atomic E-state index is 12.2. The van der Waals surface area contributed by atoms with Gasteiger partial charge in [0.05, 0.1) is 12.6 Å². The quantitative estimate of drug-likeness (QED) is 0.820. The molecule has 1 heterocycles. The normalized spacial score (nSPS) is 23.6. The van der Waals surface area contributed by atoms with Gasteiger partial charge in [-0.25, -0.2) is 0 Å². The second-order valence-corrected chi connectivity index (χ2v) is 4.64. The molecule has 1 fully saturated rings. The average molecular weight is 254 g/mol. The first-order chi connectivity index (χ1) is 7.83. The second kappa shape index (κ2) is 6.02. The summed E-state index contributed by atoms with van der Waals surface area (Å²) in [5.74, 6) is 0. The van der Waals surface area contributed by atoms with Gasteiger partial charge in [0.1, 0.15) is 0 Å². The Kier molecular flexibility index (Phi) is 5.22. The SMILES string of the molecule is CCC(O)C(C)N1CCN(CC(F)(F)F)CC1. The number of rotatable bonds is 4. The smallest absolute Gasteiger partial charge is 0.392 e. The van der Waals surface area contributed by atoms with Gasteiger partial charge in [0, 0.05) is 32.2 Å². The van der Waals surface area contributed by atoms with Crippen molar-refractivity contribution in [3.63, 3.8) is 0 Å². The molecule has 1 saturated heterocycles. The molecule has 0 radical (unpaired) electrons. The molecular formula is C11H21F3N2O. The van der Waals surface area contributed by atoms with Crippen molar-refractivity contribution in [2.24, 2.45) is 0 Å². The van der Waals surface area contributed by atoms with Crippen molar-refractivity contribution in [1.82, 2.24) is 9.80 Å². The summed E-state index contributed by atoms with van der Waals surface area (Å²) in [6.45, 7) is 5.02. The highest BCUT2D eigenvalue weighted by molar-refractivity contribution is 4.80. The van der Waals surface area contributed by atoms with Crippen molar-refractivity contribution in [3.8, 4) is 0 Å². The summed E-state index contributed by atoms with van der Waals surface area (Å²) < 4.78 is 36.6. The van der Waals surface area contributed by atoms with Crippen LogP contribution in [0.5, 0.6) is 0 Å². The maximum absolute atomic E-state index is 12.2. The number of hydrogen-bond donors (Lipinski definition) is 1. The Morgan fingerprint density at radius 3 is 2.12 bits per heavy atom. The molecule has 1 aliphatic heterocycles. The van der Waals surface area contributed by atoms with Crippen molar-refractivity contribution < 1.29 is 18.3 Å². The Bertz CT molecular complexity index is 227. The lowest BCUT2D eigenvalue weighted by Crippen LogP contribution is -2.54. The Morgan fingerprint density at radius 2 is 1.71 bits per heavy atom. The summed E-state index contributed by atoms with van der Waals surface area (Å²) >= 11 is 0. The Labute approximate surface area is 100 Å². The number of nitrogens with zero attached hydrogens (tertiary/aromatic N) is 2. The van der Waals surface area contributed by atoms with Gasteiger partial charge in [-0.15, -0.1) is 0 Å². The predicted molar refractivity (Wildman–Crippen MR) is 59.8 cm³/mol. The summed E-state index contributed by atoms with van der Waals surface area (Å²) in [5, 5.41) is 9.70. The zero-order valence-electron chi connectivity index (χ0n) is 10.4. The molecule has 0 saturated carbocycles. The zero-order valence-corrected chi connectivity index (χ0v) is 10.4. The van der Waals surface area contributed by atoms with E-state index >= 15 is 0 Å². The van der Waals surface area contributed by atoms with Crippen LogP contribution < -0.4 is 0 Å². The minimum Gasteiger partial charge on any atom is -0.392 e. The Balaban J connectivity index is 2.35. The van der Waals surface area contributed by atoms with Crippen LogP contribution in [0.15, 0.2) is 0 Å². The molecule has 102 valence electrons. The van der Waals surface area contributed by atoms with E-state index in [2.05, 4.69) is 4.90 Å². The van der Waals surface area contributed by atoms with Crippen LogP contribution in [-0.4, -0.2) is 66.0 Å². The molecule has 2 unspecified atom stereocenters. The topological polar surface area (TPSA) is 26.7 Å². The third-order valence-electron chi connectivity index (χ3n) is 3.36. The zero-order chi connectivity index (χ0) is 13.1. The molecule has 3 nitrogen and oxygen atoms in total. The van der Waals surface area contributed by atoms with Crippen molar-refractivity contribution in [1.29, 1.82) is 0 Å². The van der Waals surface area contributed by atoms with Crippen molar-refractivity contribution >= 4 is 0 Å². The van der Waals surface area contributed by atoms with Crippen LogP contribution in [-0.2, 0) is 0 Å². The lowest BCUT2D eigenvalue weighted by atomic mass is 10.1. The average Bonchev–Trinajstić information content (AvgIpc) is 2.26. The van der Waals surface area contributed by atoms with Gasteiger partial charge >= 0.3 is 6.18 Å². The third-order valence-corrected chi connectivity index (χ3v) is 3.36. The third kappa shape index (κ3) is 4.81. The number of piperazine rings is 1. The van der Waals surface area contributed by atoms with Gasteiger partial charge in [0.15, 0.2) is 0 Å². The number of hydrogen-bond acceptors (Lipinski definition) is 3. The van der Waals surface area contributed by atoms with Crippen LogP contribution >= 0.6 is 0 Å². The monoisotopic (exact) mass is 254 g/mol. The van der Waals surface area contributed by atoms with Gasteiger partial charge in [-0.05, 0) is 13.3 Å². The Morgan fingerprint density at radius 1 is 1.18 bits per heavy atom. The van der Waals surface area contributed by atoms with E-state index in [1.54, 1.807) is 0 Å². The fourth-order valence-electron chi connectivity index (χ4n) is 2.17. The van der Waals surface area contributed by atoms with Gasteiger partial charge in [-0.3, -0.25) is 9.80 Å². The number of aliphatic hydroxyl groups is 1. The summed E-state index contributed by atoms with van der Waals surface area (Å²) in [6, 6.07) is 0.0213. The van der Waals surface area contributed by atoms with E-state index in [1.165, 1.54) is 4.90 Å². The summed E-state index contributed by atoms with van der Waals surface area (Å²) in [6.07, 6.45) is -3.84. The molecule has 0 aromatic heterocycles. The van der Waals surface area contributed by atoms with Crippen molar-refractivity contribution in [3.05, 3.63) is 0 Å². The second-order valence-electron chi connectivity index (χ2n) is 4.64. The highest BCUT2D eigenvalue weighted by Gasteiger charge is 2.33. The predicted octanol–water partition coefficient (Wildman–Crippen LogP) is 1.33. The van der Waals surface area contributed by atoms with Crippen molar-refractivity contribution in [2.45, 2.75) is 38.6 Å². The molecule has 1 rings (SSSR count). The molecule has 1 aliphatic rings. The summed E-state index contributed by atoms with van der Waals surface area (Å²) in [7, 11) is 0. The summed E-state index contributed by atoms with van der Waals surface area (Å²) in [5.41, 5.74) is 0. The van der Waals surface area contributed by atoms with Crippen LogP contribution in [0.25, 0.3) is 0 Å². The van der Waals surface area contributed by atoms with Gasteiger partial charge in [0.2, 0.25) is 0 Å². The van der Waals surface area contributed by atoms with E-state index in [9.17, 15) is 18.3 Å². The maximum Gasteiger partial charge on any atom is 0.401 e. The molecular weight excluding hydrogens is 233 g/mol. The van der Waals surface area contributed by atoms with Gasteiger partial charge in [-0.2, -0.15) is 13.2 Å². The fourth-order valence-corrected chi connectivity index (χ4v) is 2.17.